The summed E-state index contributed by atoms with van der Waals surface area (Å²) >= 11 is 0. The van der Waals surface area contributed by atoms with Crippen LogP contribution in [-0.4, -0.2) is 26.1 Å². The van der Waals surface area contributed by atoms with Gasteiger partial charge in [0.2, 0.25) is 0 Å². The van der Waals surface area contributed by atoms with Crippen LogP contribution < -0.4 is 5.32 Å². The highest BCUT2D eigenvalue weighted by molar-refractivity contribution is 5.58. The van der Waals surface area contributed by atoms with Gasteiger partial charge >= 0.3 is 0 Å². The van der Waals surface area contributed by atoms with Crippen LogP contribution in [0.4, 0.5) is 5.82 Å². The first-order chi connectivity index (χ1) is 9.28. The van der Waals surface area contributed by atoms with Gasteiger partial charge in [-0.05, 0) is 13.8 Å². The summed E-state index contributed by atoms with van der Waals surface area (Å²) in [6, 6.07) is 11.9. The first-order valence-electron chi connectivity index (χ1n) is 6.31. The monoisotopic (exact) mass is 253 g/mol. The Bertz CT molecular complexity index is 702. The number of benzene rings is 1. The topological polar surface area (TPSA) is 55.1 Å². The summed E-state index contributed by atoms with van der Waals surface area (Å²) in [7, 11) is 0. The minimum atomic E-state index is 0.620. The summed E-state index contributed by atoms with van der Waals surface area (Å²) in [6.45, 7) is 4.84. The SMILES string of the molecule is CCNc1cc(C)nc2nc(-c3ccccc3)nn12. The molecule has 0 unspecified atom stereocenters. The molecular weight excluding hydrogens is 238 g/mol. The number of rotatable bonds is 3. The number of hydrogen-bond donors (Lipinski definition) is 1. The van der Waals surface area contributed by atoms with Gasteiger partial charge in [-0.2, -0.15) is 9.50 Å². The molecule has 96 valence electrons. The van der Waals surface area contributed by atoms with E-state index >= 15 is 0 Å². The van der Waals surface area contributed by atoms with Gasteiger partial charge < -0.3 is 5.32 Å². The molecule has 5 nitrogen and oxygen atoms in total. The second kappa shape index (κ2) is 4.68. The predicted octanol–water partition coefficient (Wildman–Crippen LogP) is 2.53. The number of nitrogens with one attached hydrogen (secondary N) is 1. The van der Waals surface area contributed by atoms with E-state index in [1.165, 1.54) is 0 Å². The normalized spacial score (nSPS) is 10.8. The molecule has 0 aliphatic heterocycles. The molecule has 0 atom stereocenters. The Morgan fingerprint density at radius 3 is 2.68 bits per heavy atom. The Labute approximate surface area is 111 Å². The average molecular weight is 253 g/mol. The molecule has 2 aromatic heterocycles. The lowest BCUT2D eigenvalue weighted by Gasteiger charge is -2.05. The van der Waals surface area contributed by atoms with Crippen LogP contribution in [0.5, 0.6) is 0 Å². The van der Waals surface area contributed by atoms with Crippen LogP contribution in [0.3, 0.4) is 0 Å². The Hall–Kier alpha value is -2.43. The van der Waals surface area contributed by atoms with Gasteiger partial charge in [-0.15, -0.1) is 5.10 Å². The Morgan fingerprint density at radius 1 is 1.16 bits per heavy atom. The maximum atomic E-state index is 4.52. The molecule has 0 saturated heterocycles. The molecule has 0 radical (unpaired) electrons. The number of hydrogen-bond acceptors (Lipinski definition) is 4. The van der Waals surface area contributed by atoms with E-state index in [2.05, 4.69) is 27.3 Å². The second-order valence-electron chi connectivity index (χ2n) is 4.33. The van der Waals surface area contributed by atoms with Crippen LogP contribution in [-0.2, 0) is 0 Å². The average Bonchev–Trinajstić information content (AvgIpc) is 2.84. The summed E-state index contributed by atoms with van der Waals surface area (Å²) in [4.78, 5) is 8.90. The minimum absolute atomic E-state index is 0.620. The van der Waals surface area contributed by atoms with Gasteiger partial charge in [0.05, 0.1) is 0 Å². The van der Waals surface area contributed by atoms with E-state index in [1.54, 1.807) is 4.52 Å². The predicted molar refractivity (Wildman–Crippen MR) is 75.1 cm³/mol. The fourth-order valence-electron chi connectivity index (χ4n) is 2.00. The summed E-state index contributed by atoms with van der Waals surface area (Å²) < 4.78 is 1.75. The van der Waals surface area contributed by atoms with E-state index in [0.717, 1.165) is 23.6 Å². The molecule has 0 bridgehead atoms. The van der Waals surface area contributed by atoms with Crippen molar-refractivity contribution in [3.8, 4) is 11.4 Å². The molecule has 3 rings (SSSR count). The number of aryl methyl sites for hydroxylation is 1. The molecule has 1 N–H and O–H groups in total. The highest BCUT2D eigenvalue weighted by atomic mass is 15.4. The maximum Gasteiger partial charge on any atom is 0.254 e. The molecule has 0 aliphatic carbocycles. The maximum absolute atomic E-state index is 4.52. The van der Waals surface area contributed by atoms with Gasteiger partial charge in [0.15, 0.2) is 5.82 Å². The van der Waals surface area contributed by atoms with Crippen LogP contribution in [0.1, 0.15) is 12.6 Å². The van der Waals surface area contributed by atoms with Crippen LogP contribution in [0, 0.1) is 6.92 Å². The molecule has 3 aromatic rings. The molecule has 0 saturated carbocycles. The second-order valence-corrected chi connectivity index (χ2v) is 4.33. The van der Waals surface area contributed by atoms with Crippen molar-refractivity contribution >= 4 is 11.6 Å². The van der Waals surface area contributed by atoms with E-state index < -0.39 is 0 Å². The summed E-state index contributed by atoms with van der Waals surface area (Å²) in [5.41, 5.74) is 1.92. The lowest BCUT2D eigenvalue weighted by Crippen LogP contribution is -2.05. The third-order valence-electron chi connectivity index (χ3n) is 2.83. The summed E-state index contributed by atoms with van der Waals surface area (Å²) in [5.74, 6) is 2.23. The molecule has 2 heterocycles. The van der Waals surface area contributed by atoms with E-state index in [4.69, 9.17) is 0 Å². The number of nitrogens with zero attached hydrogens (tertiary/aromatic N) is 4. The van der Waals surface area contributed by atoms with Crippen molar-refractivity contribution in [1.82, 2.24) is 19.6 Å². The van der Waals surface area contributed by atoms with Crippen molar-refractivity contribution < 1.29 is 0 Å². The van der Waals surface area contributed by atoms with Crippen LogP contribution in [0.15, 0.2) is 36.4 Å². The third-order valence-corrected chi connectivity index (χ3v) is 2.83. The minimum Gasteiger partial charge on any atom is -0.370 e. The third kappa shape index (κ3) is 2.14. The molecule has 0 aliphatic rings. The van der Waals surface area contributed by atoms with Crippen LogP contribution in [0.2, 0.25) is 0 Å². The van der Waals surface area contributed by atoms with E-state index in [1.807, 2.05) is 43.3 Å². The van der Waals surface area contributed by atoms with Crippen molar-refractivity contribution in [2.45, 2.75) is 13.8 Å². The Balaban J connectivity index is 2.17. The zero-order valence-corrected chi connectivity index (χ0v) is 11.0. The molecule has 0 amide bonds. The van der Waals surface area contributed by atoms with E-state index in [9.17, 15) is 0 Å². The van der Waals surface area contributed by atoms with Crippen molar-refractivity contribution in [1.29, 1.82) is 0 Å². The van der Waals surface area contributed by atoms with Gasteiger partial charge in [-0.25, -0.2) is 4.98 Å². The molecule has 0 spiro atoms. The van der Waals surface area contributed by atoms with Crippen molar-refractivity contribution in [3.05, 3.63) is 42.1 Å². The molecule has 5 heteroatoms. The van der Waals surface area contributed by atoms with Crippen LogP contribution >= 0.6 is 0 Å². The van der Waals surface area contributed by atoms with Crippen molar-refractivity contribution in [3.63, 3.8) is 0 Å². The standard InChI is InChI=1S/C14H15N5/c1-3-15-12-9-10(2)16-14-17-13(18-19(12)14)11-7-5-4-6-8-11/h4-9,15H,3H2,1-2H3. The first-order valence-corrected chi connectivity index (χ1v) is 6.31. The van der Waals surface area contributed by atoms with Gasteiger partial charge in [-0.1, -0.05) is 30.3 Å². The summed E-state index contributed by atoms with van der Waals surface area (Å²) in [5, 5.41) is 7.80. The van der Waals surface area contributed by atoms with Gasteiger partial charge in [0.25, 0.3) is 5.78 Å². The summed E-state index contributed by atoms with van der Waals surface area (Å²) in [6.07, 6.45) is 0. The highest BCUT2D eigenvalue weighted by Gasteiger charge is 2.10. The Kier molecular flexibility index (Phi) is 2.87. The largest absolute Gasteiger partial charge is 0.370 e. The van der Waals surface area contributed by atoms with E-state index in [0.29, 0.717) is 11.6 Å². The van der Waals surface area contributed by atoms with Gasteiger partial charge in [0.1, 0.15) is 5.82 Å². The van der Waals surface area contributed by atoms with Crippen molar-refractivity contribution in [2.75, 3.05) is 11.9 Å². The zero-order valence-electron chi connectivity index (χ0n) is 11.0. The quantitative estimate of drug-likeness (QED) is 0.779. The molecule has 0 fully saturated rings. The van der Waals surface area contributed by atoms with Gasteiger partial charge in [0, 0.05) is 23.9 Å². The lowest BCUT2D eigenvalue weighted by molar-refractivity contribution is 0.925. The van der Waals surface area contributed by atoms with E-state index in [-0.39, 0.29) is 0 Å². The first kappa shape index (κ1) is 11.6. The fourth-order valence-corrected chi connectivity index (χ4v) is 2.00. The van der Waals surface area contributed by atoms with Crippen LogP contribution in [0.25, 0.3) is 17.2 Å². The molecular formula is C14H15N5. The smallest absolute Gasteiger partial charge is 0.254 e. The highest BCUT2D eigenvalue weighted by Crippen LogP contribution is 2.18. The number of fused-ring (bicyclic) bond motifs is 1. The zero-order chi connectivity index (χ0) is 13.2. The Morgan fingerprint density at radius 2 is 1.95 bits per heavy atom. The number of anilines is 1. The molecule has 1 aromatic carbocycles. The number of aromatic nitrogens is 4. The lowest BCUT2D eigenvalue weighted by atomic mass is 10.2. The molecule has 19 heavy (non-hydrogen) atoms. The van der Waals surface area contributed by atoms with Crippen molar-refractivity contribution in [2.24, 2.45) is 0 Å². The van der Waals surface area contributed by atoms with Gasteiger partial charge in [-0.3, -0.25) is 0 Å². The fraction of sp³-hybridized carbons (Fsp3) is 0.214.